The number of hydrogen-bond acceptors (Lipinski definition) is 6. The maximum absolute atomic E-state index is 13.6. The van der Waals surface area contributed by atoms with E-state index < -0.39 is 5.54 Å². The number of rotatable bonds is 8. The fraction of sp³-hybridized carbons (Fsp3) is 0.500. The molecule has 0 atom stereocenters. The first-order valence-electron chi connectivity index (χ1n) is 10.4. The van der Waals surface area contributed by atoms with E-state index in [2.05, 4.69) is 27.4 Å². The molecule has 1 spiro atoms. The Morgan fingerprint density at radius 3 is 2.63 bits per heavy atom. The minimum absolute atomic E-state index is 0.0775. The second kappa shape index (κ2) is 9.24. The van der Waals surface area contributed by atoms with Crippen molar-refractivity contribution in [3.8, 4) is 0 Å². The van der Waals surface area contributed by atoms with Crippen LogP contribution in [0.1, 0.15) is 29.8 Å². The summed E-state index contributed by atoms with van der Waals surface area (Å²) in [4.78, 5) is 38.0. The van der Waals surface area contributed by atoms with Crippen molar-refractivity contribution in [2.24, 2.45) is 0 Å². The normalized spacial score (nSPS) is 19.2. The Balaban J connectivity index is 1.51. The maximum Gasteiger partial charge on any atom is 0.328 e. The molecular formula is C22H28N4O3S. The predicted molar refractivity (Wildman–Crippen MR) is 115 cm³/mol. The molecule has 0 saturated carbocycles. The third-order valence-electron chi connectivity index (χ3n) is 6.04. The summed E-state index contributed by atoms with van der Waals surface area (Å²) < 4.78 is 5.18. The number of carbonyl (C=O) groups is 2. The molecule has 0 N–H and O–H groups in total. The molecule has 30 heavy (non-hydrogen) atoms. The summed E-state index contributed by atoms with van der Waals surface area (Å²) in [6.45, 7) is 3.82. The Kier molecular flexibility index (Phi) is 6.46. The molecule has 8 heteroatoms. The zero-order valence-corrected chi connectivity index (χ0v) is 18.1. The van der Waals surface area contributed by atoms with Crippen molar-refractivity contribution >= 4 is 23.3 Å². The van der Waals surface area contributed by atoms with Crippen molar-refractivity contribution < 1.29 is 14.3 Å². The van der Waals surface area contributed by atoms with E-state index in [4.69, 9.17) is 4.74 Å². The molecule has 2 aliphatic rings. The molecule has 3 amide bonds. The van der Waals surface area contributed by atoms with Gasteiger partial charge in [0.1, 0.15) is 5.54 Å². The second-order valence-corrected chi connectivity index (χ2v) is 8.91. The van der Waals surface area contributed by atoms with E-state index in [1.54, 1.807) is 29.5 Å². The summed E-state index contributed by atoms with van der Waals surface area (Å²) >= 11 is 1.75. The molecular weight excluding hydrogens is 400 g/mol. The molecule has 2 fully saturated rings. The summed E-state index contributed by atoms with van der Waals surface area (Å²) in [5, 5.41) is 2.09. The molecule has 2 aromatic rings. The number of methoxy groups -OCH3 is 1. The van der Waals surface area contributed by atoms with Gasteiger partial charge in [0.15, 0.2) is 0 Å². The lowest BCUT2D eigenvalue weighted by Crippen LogP contribution is -2.56. The number of imide groups is 1. The quantitative estimate of drug-likeness (QED) is 0.478. The number of thiophene rings is 1. The van der Waals surface area contributed by atoms with Crippen LogP contribution in [0.5, 0.6) is 0 Å². The second-order valence-electron chi connectivity index (χ2n) is 7.88. The molecule has 0 aliphatic carbocycles. The van der Waals surface area contributed by atoms with Gasteiger partial charge in [0.25, 0.3) is 5.91 Å². The molecule has 7 nitrogen and oxygen atoms in total. The lowest BCUT2D eigenvalue weighted by molar-refractivity contribution is -0.136. The molecule has 2 saturated heterocycles. The minimum Gasteiger partial charge on any atom is -0.385 e. The highest BCUT2D eigenvalue weighted by Gasteiger charge is 2.57. The van der Waals surface area contributed by atoms with Crippen molar-refractivity contribution in [3.05, 3.63) is 52.5 Å². The van der Waals surface area contributed by atoms with E-state index >= 15 is 0 Å². The van der Waals surface area contributed by atoms with Gasteiger partial charge in [0.05, 0.1) is 12.2 Å². The lowest BCUT2D eigenvalue weighted by atomic mass is 9.85. The van der Waals surface area contributed by atoms with Crippen LogP contribution in [0.15, 0.2) is 41.9 Å². The number of aromatic nitrogens is 1. The van der Waals surface area contributed by atoms with Crippen LogP contribution in [-0.2, 0) is 22.6 Å². The van der Waals surface area contributed by atoms with E-state index in [9.17, 15) is 9.59 Å². The van der Waals surface area contributed by atoms with Gasteiger partial charge in [-0.05, 0) is 42.8 Å². The first kappa shape index (κ1) is 21.0. The monoisotopic (exact) mass is 428 g/mol. The van der Waals surface area contributed by atoms with Gasteiger partial charge in [-0.25, -0.2) is 4.79 Å². The Labute approximate surface area is 181 Å². The highest BCUT2D eigenvalue weighted by atomic mass is 32.1. The Morgan fingerprint density at radius 1 is 1.13 bits per heavy atom. The average molecular weight is 429 g/mol. The number of carbonyl (C=O) groups excluding carboxylic acids is 2. The number of amides is 3. The fourth-order valence-corrected chi connectivity index (χ4v) is 5.19. The first-order valence-corrected chi connectivity index (χ1v) is 11.3. The smallest absolute Gasteiger partial charge is 0.328 e. The van der Waals surface area contributed by atoms with E-state index in [1.807, 2.05) is 18.2 Å². The summed E-state index contributed by atoms with van der Waals surface area (Å²) in [7, 11) is 1.66. The molecule has 0 aromatic carbocycles. The highest BCUT2D eigenvalue weighted by molar-refractivity contribution is 7.09. The standard InChI is InChI=1S/C22H28N4O3S/c1-29-14-5-11-26-21(28)25(16-18-6-2-3-10-23-18)20(27)22(26)8-12-24(13-9-22)17-19-7-4-15-30-19/h2-4,6-7,10,15H,5,8-9,11-14,16-17H2,1H3. The van der Waals surface area contributed by atoms with Crippen molar-refractivity contribution in [3.63, 3.8) is 0 Å². The van der Waals surface area contributed by atoms with Gasteiger partial charge in [0.2, 0.25) is 0 Å². The molecule has 0 unspecified atom stereocenters. The molecule has 2 aliphatic heterocycles. The van der Waals surface area contributed by atoms with Crippen molar-refractivity contribution in [1.29, 1.82) is 0 Å². The molecule has 0 radical (unpaired) electrons. The number of pyridine rings is 1. The summed E-state index contributed by atoms with van der Waals surface area (Å²) in [6, 6.07) is 9.57. The number of nitrogens with zero attached hydrogens (tertiary/aromatic N) is 4. The van der Waals surface area contributed by atoms with Gasteiger partial charge in [0, 0.05) is 51.0 Å². The Bertz CT molecular complexity index is 851. The van der Waals surface area contributed by atoms with E-state index in [0.29, 0.717) is 32.4 Å². The zero-order chi connectivity index (χ0) is 21.0. The fourth-order valence-electron chi connectivity index (χ4n) is 4.44. The van der Waals surface area contributed by atoms with Gasteiger partial charge in [-0.2, -0.15) is 0 Å². The number of likely N-dealkylation sites (tertiary alicyclic amines) is 1. The van der Waals surface area contributed by atoms with Gasteiger partial charge in [-0.15, -0.1) is 11.3 Å². The third-order valence-corrected chi connectivity index (χ3v) is 6.90. The molecule has 0 bridgehead atoms. The Morgan fingerprint density at radius 2 is 1.97 bits per heavy atom. The topological polar surface area (TPSA) is 66.0 Å². The summed E-state index contributed by atoms with van der Waals surface area (Å²) in [5.74, 6) is -0.0775. The van der Waals surface area contributed by atoms with Crippen LogP contribution >= 0.6 is 11.3 Å². The SMILES string of the molecule is COCCCN1C(=O)N(Cc2ccccn2)C(=O)C12CCN(Cc1cccs1)CC2. The zero-order valence-electron chi connectivity index (χ0n) is 17.3. The number of urea groups is 1. The van der Waals surface area contributed by atoms with E-state index in [1.165, 1.54) is 9.78 Å². The average Bonchev–Trinajstić information content (AvgIpc) is 3.34. The molecule has 4 heterocycles. The van der Waals surface area contributed by atoms with Gasteiger partial charge in [-0.1, -0.05) is 12.1 Å². The van der Waals surface area contributed by atoms with E-state index in [-0.39, 0.29) is 18.5 Å². The Hall–Kier alpha value is -2.29. The van der Waals surface area contributed by atoms with Crippen LogP contribution in [0, 0.1) is 0 Å². The van der Waals surface area contributed by atoms with E-state index in [0.717, 1.165) is 25.3 Å². The van der Waals surface area contributed by atoms with Crippen molar-refractivity contribution in [2.45, 2.75) is 37.9 Å². The molecule has 4 rings (SSSR count). The van der Waals surface area contributed by atoms with Crippen LogP contribution in [0.3, 0.4) is 0 Å². The molecule has 2 aromatic heterocycles. The predicted octanol–water partition coefficient (Wildman–Crippen LogP) is 2.98. The van der Waals surface area contributed by atoms with Crippen LogP contribution in [-0.4, -0.2) is 70.5 Å². The highest BCUT2D eigenvalue weighted by Crippen LogP contribution is 2.38. The summed E-state index contributed by atoms with van der Waals surface area (Å²) in [5.41, 5.74) is -0.0193. The lowest BCUT2D eigenvalue weighted by Gasteiger charge is -2.42. The first-order chi connectivity index (χ1) is 14.6. The largest absolute Gasteiger partial charge is 0.385 e. The third kappa shape index (κ3) is 4.12. The van der Waals surface area contributed by atoms with Crippen LogP contribution in [0.2, 0.25) is 0 Å². The van der Waals surface area contributed by atoms with Crippen LogP contribution in [0.25, 0.3) is 0 Å². The maximum atomic E-state index is 13.6. The minimum atomic E-state index is -0.744. The number of hydrogen-bond donors (Lipinski definition) is 0. The molecule has 160 valence electrons. The van der Waals surface area contributed by atoms with Crippen LogP contribution in [0.4, 0.5) is 4.79 Å². The van der Waals surface area contributed by atoms with Crippen molar-refractivity contribution in [2.75, 3.05) is 33.4 Å². The van der Waals surface area contributed by atoms with Crippen molar-refractivity contribution in [1.82, 2.24) is 19.7 Å². The summed E-state index contributed by atoms with van der Waals surface area (Å²) in [6.07, 6.45) is 3.73. The van der Waals surface area contributed by atoms with Crippen LogP contribution < -0.4 is 0 Å². The number of piperidine rings is 1. The van der Waals surface area contributed by atoms with Gasteiger partial charge < -0.3 is 9.64 Å². The van der Waals surface area contributed by atoms with Gasteiger partial charge in [-0.3, -0.25) is 19.6 Å². The number of ether oxygens (including phenoxy) is 1. The van der Waals surface area contributed by atoms with Gasteiger partial charge >= 0.3 is 6.03 Å².